The van der Waals surface area contributed by atoms with Gasteiger partial charge in [0.05, 0.1) is 27.8 Å². The highest BCUT2D eigenvalue weighted by atomic mass is 19.1. The maximum atomic E-state index is 13.4. The molecule has 3 rings (SSSR count). The summed E-state index contributed by atoms with van der Waals surface area (Å²) in [5.41, 5.74) is 3.12. The lowest BCUT2D eigenvalue weighted by Crippen LogP contribution is -2.14. The van der Waals surface area contributed by atoms with Gasteiger partial charge in [0, 0.05) is 42.3 Å². The first kappa shape index (κ1) is 26.0. The predicted octanol–water partition coefficient (Wildman–Crippen LogP) is 4.05. The minimum Gasteiger partial charge on any atom is -0.469 e. The average Bonchev–Trinajstić information content (AvgIpc) is 3.27. The zero-order chi connectivity index (χ0) is 25.1. The lowest BCUT2D eigenvalue weighted by atomic mass is 9.97. The van der Waals surface area contributed by atoms with Gasteiger partial charge in [0.2, 0.25) is 0 Å². The fraction of sp³-hybridized carbons (Fsp3) is 0.200. The van der Waals surface area contributed by atoms with Crippen LogP contribution in [-0.4, -0.2) is 48.8 Å². The lowest BCUT2D eigenvalue weighted by molar-refractivity contribution is -0.141. The van der Waals surface area contributed by atoms with Crippen LogP contribution < -0.4 is 0 Å². The molecule has 0 spiro atoms. The fourth-order valence-corrected chi connectivity index (χ4v) is 3.10. The number of hydrogen-bond donors (Lipinski definition) is 0. The Kier molecular flexibility index (Phi) is 9.70. The number of hydrogen-bond acceptors (Lipinski definition) is 7. The molecule has 0 saturated heterocycles. The minimum atomic E-state index is -0.551. The smallest absolute Gasteiger partial charge is 0.355 e. The van der Waals surface area contributed by atoms with Crippen LogP contribution in [0.5, 0.6) is 0 Å². The molecule has 0 unspecified atom stereocenters. The zero-order valence-electron chi connectivity index (χ0n) is 19.1. The molecule has 0 saturated carbocycles. The van der Waals surface area contributed by atoms with E-state index in [4.69, 9.17) is 9.47 Å². The van der Waals surface area contributed by atoms with Crippen molar-refractivity contribution in [1.29, 1.82) is 0 Å². The fourth-order valence-electron chi connectivity index (χ4n) is 3.10. The molecule has 1 aromatic carbocycles. The minimum absolute atomic E-state index is 0.0911. The van der Waals surface area contributed by atoms with Crippen LogP contribution in [0.4, 0.5) is 4.39 Å². The molecule has 0 fully saturated rings. The number of halogens is 1. The summed E-state index contributed by atoms with van der Waals surface area (Å²) in [6, 6.07) is 9.50. The Hall–Kier alpha value is -4.27. The van der Waals surface area contributed by atoms with Crippen LogP contribution in [0.1, 0.15) is 16.9 Å². The molecule has 0 N–H and O–H groups in total. The number of rotatable bonds is 7. The Labute approximate surface area is 196 Å². The third-order valence-corrected chi connectivity index (χ3v) is 4.73. The van der Waals surface area contributed by atoms with E-state index in [1.54, 1.807) is 35.3 Å². The van der Waals surface area contributed by atoms with Crippen molar-refractivity contribution in [1.82, 2.24) is 9.55 Å². The van der Waals surface area contributed by atoms with Gasteiger partial charge in [-0.3, -0.25) is 9.78 Å². The lowest BCUT2D eigenvalue weighted by Gasteiger charge is -2.10. The van der Waals surface area contributed by atoms with E-state index in [-0.39, 0.29) is 24.5 Å². The molecule has 178 valence electrons. The second-order valence-corrected chi connectivity index (χ2v) is 6.75. The SMILES string of the molecule is C=CC(=O)OC.COC(=O)CCn1cc(-c2ccncc2)c(-c2ccc(F)cc2)c1C(=O)OC. The van der Waals surface area contributed by atoms with Crippen LogP contribution in [0.2, 0.25) is 0 Å². The third kappa shape index (κ3) is 6.61. The van der Waals surface area contributed by atoms with Gasteiger partial charge in [-0.2, -0.15) is 0 Å². The van der Waals surface area contributed by atoms with Crippen LogP contribution >= 0.6 is 0 Å². The average molecular weight is 468 g/mol. The van der Waals surface area contributed by atoms with Crippen LogP contribution in [0.15, 0.2) is 67.6 Å². The molecule has 0 radical (unpaired) electrons. The van der Waals surface area contributed by atoms with Crippen molar-refractivity contribution >= 4 is 17.9 Å². The maximum Gasteiger partial charge on any atom is 0.355 e. The Bertz CT molecular complexity index is 1140. The van der Waals surface area contributed by atoms with E-state index in [9.17, 15) is 18.8 Å². The number of carbonyl (C=O) groups is 3. The molecule has 34 heavy (non-hydrogen) atoms. The summed E-state index contributed by atoms with van der Waals surface area (Å²) in [6.45, 7) is 3.39. The van der Waals surface area contributed by atoms with E-state index in [1.807, 2.05) is 12.1 Å². The number of ether oxygens (including phenoxy) is 3. The van der Waals surface area contributed by atoms with Gasteiger partial charge in [0.15, 0.2) is 0 Å². The highest BCUT2D eigenvalue weighted by Gasteiger charge is 2.25. The first-order chi connectivity index (χ1) is 16.4. The van der Waals surface area contributed by atoms with Crippen molar-refractivity contribution in [3.05, 3.63) is 79.2 Å². The largest absolute Gasteiger partial charge is 0.469 e. The van der Waals surface area contributed by atoms with Gasteiger partial charge in [-0.25, -0.2) is 14.0 Å². The summed E-state index contributed by atoms with van der Waals surface area (Å²) in [5, 5.41) is 0. The van der Waals surface area contributed by atoms with E-state index >= 15 is 0 Å². The number of methoxy groups -OCH3 is 3. The standard InChI is InChI=1S/C21H19FN2O4.C4H6O2/c1-27-18(25)9-12-24-13-17(14-7-10-23-11-8-14)19(20(24)21(26)28-2)15-3-5-16(22)6-4-15;1-3-4(5)6-2/h3-8,10-11,13H,9,12H2,1-2H3;3H,1H2,2H3. The zero-order valence-corrected chi connectivity index (χ0v) is 19.1. The molecule has 0 amide bonds. The topological polar surface area (TPSA) is 96.7 Å². The quantitative estimate of drug-likeness (QED) is 0.293. The number of nitrogens with zero attached hydrogens (tertiary/aromatic N) is 2. The van der Waals surface area contributed by atoms with Gasteiger partial charge in [0.25, 0.3) is 0 Å². The van der Waals surface area contributed by atoms with E-state index in [0.29, 0.717) is 11.1 Å². The monoisotopic (exact) mass is 468 g/mol. The molecule has 0 atom stereocenters. The normalized spacial score (nSPS) is 9.88. The van der Waals surface area contributed by atoms with Crippen LogP contribution in [0.3, 0.4) is 0 Å². The molecule has 0 aliphatic rings. The maximum absolute atomic E-state index is 13.4. The van der Waals surface area contributed by atoms with E-state index in [0.717, 1.165) is 17.2 Å². The molecule has 0 aliphatic heterocycles. The molecule has 9 heteroatoms. The van der Waals surface area contributed by atoms with Gasteiger partial charge < -0.3 is 18.8 Å². The summed E-state index contributed by atoms with van der Waals surface area (Å²) in [5.74, 6) is -1.71. The first-order valence-electron chi connectivity index (χ1n) is 10.1. The first-order valence-corrected chi connectivity index (χ1v) is 10.1. The van der Waals surface area contributed by atoms with E-state index < -0.39 is 17.9 Å². The summed E-state index contributed by atoms with van der Waals surface area (Å²) in [7, 11) is 3.91. The molecule has 3 aromatic rings. The number of carbonyl (C=O) groups excluding carboxylic acids is 3. The summed E-state index contributed by atoms with van der Waals surface area (Å²) >= 11 is 0. The van der Waals surface area contributed by atoms with Gasteiger partial charge in [-0.05, 0) is 35.4 Å². The van der Waals surface area contributed by atoms with Gasteiger partial charge in [-0.15, -0.1) is 0 Å². The Morgan fingerprint density at radius 2 is 1.62 bits per heavy atom. The molecule has 0 aliphatic carbocycles. The molecule has 8 nitrogen and oxygen atoms in total. The highest BCUT2D eigenvalue weighted by Crippen LogP contribution is 2.37. The third-order valence-electron chi connectivity index (χ3n) is 4.73. The van der Waals surface area contributed by atoms with Crippen molar-refractivity contribution in [2.45, 2.75) is 13.0 Å². The molecule has 2 heterocycles. The molecular weight excluding hydrogens is 443 g/mol. The predicted molar refractivity (Wildman–Crippen MR) is 123 cm³/mol. The van der Waals surface area contributed by atoms with Crippen molar-refractivity contribution < 1.29 is 33.0 Å². The number of benzene rings is 1. The van der Waals surface area contributed by atoms with Gasteiger partial charge in [-0.1, -0.05) is 18.7 Å². The molecule has 2 aromatic heterocycles. The Morgan fingerprint density at radius 1 is 0.971 bits per heavy atom. The summed E-state index contributed by atoms with van der Waals surface area (Å²) in [4.78, 5) is 38.1. The number of aromatic nitrogens is 2. The van der Waals surface area contributed by atoms with Crippen molar-refractivity contribution in [2.75, 3.05) is 21.3 Å². The Balaban J connectivity index is 0.000000604. The number of esters is 3. The van der Waals surface area contributed by atoms with Crippen molar-refractivity contribution in [3.8, 4) is 22.3 Å². The second-order valence-electron chi connectivity index (χ2n) is 6.75. The molecular formula is C25H25FN2O6. The Morgan fingerprint density at radius 3 is 2.12 bits per heavy atom. The van der Waals surface area contributed by atoms with Gasteiger partial charge in [0.1, 0.15) is 11.5 Å². The highest BCUT2D eigenvalue weighted by molar-refractivity contribution is 6.01. The van der Waals surface area contributed by atoms with Gasteiger partial charge >= 0.3 is 17.9 Å². The van der Waals surface area contributed by atoms with E-state index in [1.165, 1.54) is 33.5 Å². The van der Waals surface area contributed by atoms with Crippen molar-refractivity contribution in [2.24, 2.45) is 0 Å². The molecule has 0 bridgehead atoms. The number of pyridine rings is 1. The summed E-state index contributed by atoms with van der Waals surface area (Å²) in [6.07, 6.45) is 6.28. The number of aryl methyl sites for hydroxylation is 1. The van der Waals surface area contributed by atoms with Crippen molar-refractivity contribution in [3.63, 3.8) is 0 Å². The van der Waals surface area contributed by atoms with E-state index in [2.05, 4.69) is 16.3 Å². The van der Waals surface area contributed by atoms with Crippen LogP contribution in [0, 0.1) is 5.82 Å². The van der Waals surface area contributed by atoms with Crippen LogP contribution in [-0.2, 0) is 30.3 Å². The second kappa shape index (κ2) is 12.7. The summed E-state index contributed by atoms with van der Waals surface area (Å²) < 4.78 is 28.9. The van der Waals surface area contributed by atoms with Crippen LogP contribution in [0.25, 0.3) is 22.3 Å².